The summed E-state index contributed by atoms with van der Waals surface area (Å²) in [6.07, 6.45) is 1.71. The van der Waals surface area contributed by atoms with Crippen molar-refractivity contribution in [3.8, 4) is 5.75 Å². The van der Waals surface area contributed by atoms with Gasteiger partial charge in [-0.1, -0.05) is 19.1 Å². The second-order valence-corrected chi connectivity index (χ2v) is 6.74. The van der Waals surface area contributed by atoms with Crippen LogP contribution in [0.3, 0.4) is 0 Å². The molecule has 5 heteroatoms. The van der Waals surface area contributed by atoms with E-state index >= 15 is 0 Å². The number of likely N-dealkylation sites (tertiary alicyclic amines) is 1. The number of morpholine rings is 1. The topological polar surface area (TPSA) is 42.0 Å². The number of hydrogen-bond acceptors (Lipinski definition) is 4. The van der Waals surface area contributed by atoms with Gasteiger partial charge in [-0.2, -0.15) is 0 Å². The summed E-state index contributed by atoms with van der Waals surface area (Å²) in [4.78, 5) is 16.6. The van der Waals surface area contributed by atoms with Crippen LogP contribution in [-0.4, -0.2) is 67.2 Å². The van der Waals surface area contributed by atoms with E-state index < -0.39 is 0 Å². The standard InChI is InChI=1S/C19H28N2O3/c1-3-16-5-4-6-17(12-16)24-18-13-21(14-18)19(22)11-15(2)20-7-9-23-10-8-20/h4-6,12,15,18H,3,7-11,13-14H2,1-2H3. The minimum atomic E-state index is 0.125. The highest BCUT2D eigenvalue weighted by Crippen LogP contribution is 2.21. The first-order chi connectivity index (χ1) is 11.7. The lowest BCUT2D eigenvalue weighted by atomic mass is 10.1. The molecule has 2 fully saturated rings. The first kappa shape index (κ1) is 17.2. The van der Waals surface area contributed by atoms with Gasteiger partial charge in [-0.25, -0.2) is 0 Å². The van der Waals surface area contributed by atoms with E-state index in [0.717, 1.165) is 38.5 Å². The second-order valence-electron chi connectivity index (χ2n) is 6.74. The van der Waals surface area contributed by atoms with Crippen molar-refractivity contribution in [2.45, 2.75) is 38.8 Å². The Hall–Kier alpha value is -1.59. The third-order valence-electron chi connectivity index (χ3n) is 4.95. The molecule has 2 heterocycles. The Kier molecular flexibility index (Phi) is 5.74. The van der Waals surface area contributed by atoms with Crippen LogP contribution in [0.25, 0.3) is 0 Å². The Morgan fingerprint density at radius 1 is 1.33 bits per heavy atom. The van der Waals surface area contributed by atoms with Crippen LogP contribution in [0, 0.1) is 0 Å². The minimum Gasteiger partial charge on any atom is -0.487 e. The molecule has 2 aliphatic rings. The summed E-state index contributed by atoms with van der Waals surface area (Å²) in [5, 5.41) is 0. The Balaban J connectivity index is 1.41. The van der Waals surface area contributed by atoms with Crippen LogP contribution in [0.2, 0.25) is 0 Å². The average molecular weight is 332 g/mol. The van der Waals surface area contributed by atoms with E-state index in [1.54, 1.807) is 0 Å². The zero-order chi connectivity index (χ0) is 16.9. The molecule has 5 nitrogen and oxygen atoms in total. The first-order valence-corrected chi connectivity index (χ1v) is 9.01. The second kappa shape index (κ2) is 7.99. The van der Waals surface area contributed by atoms with Crippen LogP contribution < -0.4 is 4.74 Å². The summed E-state index contributed by atoms with van der Waals surface area (Å²) in [6.45, 7) is 9.06. The lowest BCUT2D eigenvalue weighted by Gasteiger charge is -2.40. The maximum Gasteiger partial charge on any atom is 0.224 e. The average Bonchev–Trinajstić information content (AvgIpc) is 2.58. The number of aryl methyl sites for hydroxylation is 1. The molecule has 0 aromatic heterocycles. The highest BCUT2D eigenvalue weighted by atomic mass is 16.5. The van der Waals surface area contributed by atoms with Gasteiger partial charge in [0.15, 0.2) is 0 Å². The number of carbonyl (C=O) groups is 1. The third kappa shape index (κ3) is 4.28. The Morgan fingerprint density at radius 3 is 2.79 bits per heavy atom. The van der Waals surface area contributed by atoms with Gasteiger partial charge in [0, 0.05) is 25.6 Å². The fourth-order valence-electron chi connectivity index (χ4n) is 3.28. The van der Waals surface area contributed by atoms with Crippen LogP contribution in [0.15, 0.2) is 24.3 Å². The van der Waals surface area contributed by atoms with Gasteiger partial charge in [-0.3, -0.25) is 9.69 Å². The molecular weight excluding hydrogens is 304 g/mol. The largest absolute Gasteiger partial charge is 0.487 e. The van der Waals surface area contributed by atoms with E-state index in [9.17, 15) is 4.79 Å². The van der Waals surface area contributed by atoms with Gasteiger partial charge in [0.05, 0.1) is 26.3 Å². The van der Waals surface area contributed by atoms with Crippen LogP contribution in [0.1, 0.15) is 25.8 Å². The minimum absolute atomic E-state index is 0.125. The fraction of sp³-hybridized carbons (Fsp3) is 0.632. The molecule has 1 unspecified atom stereocenters. The van der Waals surface area contributed by atoms with Gasteiger partial charge in [0.1, 0.15) is 11.9 Å². The summed E-state index contributed by atoms with van der Waals surface area (Å²) < 4.78 is 11.3. The van der Waals surface area contributed by atoms with E-state index in [4.69, 9.17) is 9.47 Å². The summed E-state index contributed by atoms with van der Waals surface area (Å²) in [5.74, 6) is 1.14. The molecule has 1 aromatic rings. The zero-order valence-corrected chi connectivity index (χ0v) is 14.7. The molecule has 0 spiro atoms. The van der Waals surface area contributed by atoms with Crippen molar-refractivity contribution >= 4 is 5.91 Å². The molecule has 0 aliphatic carbocycles. The van der Waals surface area contributed by atoms with Crippen LogP contribution in [0.4, 0.5) is 0 Å². The lowest BCUT2D eigenvalue weighted by Crippen LogP contribution is -2.57. The van der Waals surface area contributed by atoms with Gasteiger partial charge in [-0.05, 0) is 31.0 Å². The van der Waals surface area contributed by atoms with E-state index in [1.165, 1.54) is 5.56 Å². The van der Waals surface area contributed by atoms with Crippen molar-refractivity contribution in [3.63, 3.8) is 0 Å². The van der Waals surface area contributed by atoms with Crippen LogP contribution >= 0.6 is 0 Å². The van der Waals surface area contributed by atoms with Gasteiger partial charge in [0.2, 0.25) is 5.91 Å². The normalized spacial score (nSPS) is 20.5. The molecule has 0 radical (unpaired) electrons. The van der Waals surface area contributed by atoms with E-state index in [0.29, 0.717) is 19.5 Å². The van der Waals surface area contributed by atoms with Crippen molar-refractivity contribution < 1.29 is 14.3 Å². The van der Waals surface area contributed by atoms with Gasteiger partial charge in [-0.15, -0.1) is 0 Å². The van der Waals surface area contributed by atoms with Gasteiger partial charge in [0.25, 0.3) is 0 Å². The van der Waals surface area contributed by atoms with Gasteiger partial charge < -0.3 is 14.4 Å². The molecule has 132 valence electrons. The molecule has 1 amide bonds. The molecule has 24 heavy (non-hydrogen) atoms. The Labute approximate surface area is 144 Å². The zero-order valence-electron chi connectivity index (χ0n) is 14.7. The maximum atomic E-state index is 12.4. The quantitative estimate of drug-likeness (QED) is 0.798. The summed E-state index contributed by atoms with van der Waals surface area (Å²) in [6, 6.07) is 8.49. The molecule has 0 bridgehead atoms. The number of hydrogen-bond donors (Lipinski definition) is 0. The van der Waals surface area contributed by atoms with Crippen molar-refractivity contribution in [2.24, 2.45) is 0 Å². The molecule has 1 aromatic carbocycles. The Bertz CT molecular complexity index is 551. The molecule has 2 aliphatic heterocycles. The van der Waals surface area contributed by atoms with Crippen LogP contribution in [0.5, 0.6) is 5.75 Å². The van der Waals surface area contributed by atoms with Crippen molar-refractivity contribution in [1.82, 2.24) is 9.80 Å². The number of ether oxygens (including phenoxy) is 2. The summed E-state index contributed by atoms with van der Waals surface area (Å²) >= 11 is 0. The molecule has 1 atom stereocenters. The number of nitrogens with zero attached hydrogens (tertiary/aromatic N) is 2. The smallest absolute Gasteiger partial charge is 0.224 e. The van der Waals surface area contributed by atoms with Crippen LogP contribution in [-0.2, 0) is 16.0 Å². The van der Waals surface area contributed by atoms with Crippen molar-refractivity contribution in [2.75, 3.05) is 39.4 Å². The van der Waals surface area contributed by atoms with E-state index in [1.807, 2.05) is 17.0 Å². The van der Waals surface area contributed by atoms with E-state index in [2.05, 4.69) is 30.9 Å². The highest BCUT2D eigenvalue weighted by molar-refractivity contribution is 5.77. The number of rotatable bonds is 6. The Morgan fingerprint density at radius 2 is 2.08 bits per heavy atom. The number of benzene rings is 1. The summed E-state index contributed by atoms with van der Waals surface area (Å²) in [5.41, 5.74) is 1.28. The predicted molar refractivity (Wildman–Crippen MR) is 93.3 cm³/mol. The monoisotopic (exact) mass is 332 g/mol. The van der Waals surface area contributed by atoms with Crippen molar-refractivity contribution in [1.29, 1.82) is 0 Å². The molecule has 2 saturated heterocycles. The highest BCUT2D eigenvalue weighted by Gasteiger charge is 2.33. The maximum absolute atomic E-state index is 12.4. The predicted octanol–water partition coefficient (Wildman–Crippen LogP) is 1.95. The van der Waals surface area contributed by atoms with Crippen molar-refractivity contribution in [3.05, 3.63) is 29.8 Å². The van der Waals surface area contributed by atoms with E-state index in [-0.39, 0.29) is 18.1 Å². The fourth-order valence-corrected chi connectivity index (χ4v) is 3.28. The molecule has 3 rings (SSSR count). The molecular formula is C19H28N2O3. The molecule has 0 N–H and O–H groups in total. The molecule has 0 saturated carbocycles. The SMILES string of the molecule is CCc1cccc(OC2CN(C(=O)CC(C)N3CCOCC3)C2)c1. The van der Waals surface area contributed by atoms with Gasteiger partial charge >= 0.3 is 0 Å². The third-order valence-corrected chi connectivity index (χ3v) is 4.95. The lowest BCUT2D eigenvalue weighted by molar-refractivity contribution is -0.141. The first-order valence-electron chi connectivity index (χ1n) is 9.01. The number of amides is 1. The summed E-state index contributed by atoms with van der Waals surface area (Å²) in [7, 11) is 0. The number of carbonyl (C=O) groups excluding carboxylic acids is 1.